The zero-order chi connectivity index (χ0) is 36.0. The van der Waals surface area contributed by atoms with E-state index in [2.05, 4.69) is 30.7 Å². The first-order chi connectivity index (χ1) is 23.7. The van der Waals surface area contributed by atoms with Crippen LogP contribution >= 0.6 is 0 Å². The van der Waals surface area contributed by atoms with Crippen LogP contribution in [0.3, 0.4) is 0 Å². The number of hydrogen-bond acceptors (Lipinski definition) is 14. The number of carboxylic acids is 3. The van der Waals surface area contributed by atoms with Crippen molar-refractivity contribution in [3.05, 3.63) is 70.0 Å². The largest absolute Gasteiger partial charge is 0.549 e. The number of pyridine rings is 2. The molecule has 0 radical (unpaired) electrons. The summed E-state index contributed by atoms with van der Waals surface area (Å²) >= 11 is 0. The Kier molecular flexibility index (Phi) is 11.6. The van der Waals surface area contributed by atoms with Gasteiger partial charge in [0.1, 0.15) is 5.58 Å². The molecule has 0 unspecified atom stereocenters. The Labute approximate surface area is 289 Å². The number of nitrogens with zero attached hydrogens (tertiary/aromatic N) is 6. The SMILES string of the molecule is CC(C)(C)c1ccc2oc3nc(-c4cccc(CN5CCN(CC(=O)[O-])CCN(CC(=O)[O-])CCN(CC(=O)[O-])CC5)n4)ccc3c(=O)c2c1. The van der Waals surface area contributed by atoms with Crippen molar-refractivity contribution in [3.8, 4) is 11.4 Å². The summed E-state index contributed by atoms with van der Waals surface area (Å²) in [6.07, 6.45) is 0. The van der Waals surface area contributed by atoms with Crippen molar-refractivity contribution in [2.45, 2.75) is 32.7 Å². The smallest absolute Gasteiger partial charge is 0.231 e. The fraction of sp³-hybridized carbons (Fsp3) is 0.444. The molecule has 1 aliphatic heterocycles. The second-order valence-corrected chi connectivity index (χ2v) is 13.7. The summed E-state index contributed by atoms with van der Waals surface area (Å²) in [6.45, 7) is 8.14. The Balaban J connectivity index is 1.38. The lowest BCUT2D eigenvalue weighted by molar-refractivity contribution is -0.308. The van der Waals surface area contributed by atoms with Gasteiger partial charge in [-0.1, -0.05) is 32.9 Å². The topological polar surface area (TPSA) is 189 Å². The van der Waals surface area contributed by atoms with Crippen LogP contribution in [0.2, 0.25) is 0 Å². The Bertz CT molecular complexity index is 1890. The van der Waals surface area contributed by atoms with Gasteiger partial charge in [-0.15, -0.1) is 0 Å². The maximum atomic E-state index is 13.4. The number of aliphatic carboxylic acids is 3. The van der Waals surface area contributed by atoms with Gasteiger partial charge in [0.25, 0.3) is 0 Å². The Morgan fingerprint density at radius 2 is 1.20 bits per heavy atom. The lowest BCUT2D eigenvalue weighted by atomic mass is 9.86. The van der Waals surface area contributed by atoms with Crippen LogP contribution in [0, 0.1) is 0 Å². The molecule has 4 aromatic rings. The molecule has 5 rings (SSSR count). The lowest BCUT2D eigenvalue weighted by Crippen LogP contribution is -2.51. The van der Waals surface area contributed by atoms with E-state index in [-0.39, 0.29) is 62.4 Å². The first kappa shape index (κ1) is 36.5. The number of carboxylic acid groups (broad SMARTS) is 3. The van der Waals surface area contributed by atoms with Gasteiger partial charge in [0, 0.05) is 78.5 Å². The highest BCUT2D eigenvalue weighted by atomic mass is 16.4. The van der Waals surface area contributed by atoms with Gasteiger partial charge in [-0.2, -0.15) is 0 Å². The van der Waals surface area contributed by atoms with Crippen molar-refractivity contribution in [2.75, 3.05) is 72.0 Å². The summed E-state index contributed by atoms with van der Waals surface area (Å²) < 4.78 is 6.09. The number of benzene rings is 1. The van der Waals surface area contributed by atoms with Crippen LogP contribution in [0.5, 0.6) is 0 Å². The quantitative estimate of drug-likeness (QED) is 0.189. The first-order valence-corrected chi connectivity index (χ1v) is 16.6. The average molecular weight is 686 g/mol. The molecular formula is C36H41N6O8-3. The number of hydrogen-bond donors (Lipinski definition) is 0. The van der Waals surface area contributed by atoms with E-state index in [9.17, 15) is 34.5 Å². The van der Waals surface area contributed by atoms with E-state index < -0.39 is 17.9 Å². The van der Waals surface area contributed by atoms with E-state index >= 15 is 0 Å². The molecule has 14 heteroatoms. The third-order valence-electron chi connectivity index (χ3n) is 8.84. The third-order valence-corrected chi connectivity index (χ3v) is 8.84. The summed E-state index contributed by atoms with van der Waals surface area (Å²) in [5.74, 6) is -3.76. The summed E-state index contributed by atoms with van der Waals surface area (Å²) in [7, 11) is 0. The molecule has 0 N–H and O–H groups in total. The average Bonchev–Trinajstić information content (AvgIpc) is 3.04. The highest BCUT2D eigenvalue weighted by Crippen LogP contribution is 2.27. The zero-order valence-electron chi connectivity index (χ0n) is 28.6. The van der Waals surface area contributed by atoms with Gasteiger partial charge in [-0.3, -0.25) is 24.4 Å². The minimum absolute atomic E-state index is 0.133. The van der Waals surface area contributed by atoms with Crippen LogP contribution in [0.4, 0.5) is 0 Å². The monoisotopic (exact) mass is 685 g/mol. The summed E-state index contributed by atoms with van der Waals surface area (Å²) in [5, 5.41) is 35.2. The number of carbonyl (C=O) groups excluding carboxylic acids is 3. The number of fused-ring (bicyclic) bond motifs is 2. The Morgan fingerprint density at radius 3 is 1.72 bits per heavy atom. The van der Waals surface area contributed by atoms with Gasteiger partial charge < -0.3 is 34.1 Å². The van der Waals surface area contributed by atoms with E-state index in [4.69, 9.17) is 9.40 Å². The second-order valence-electron chi connectivity index (χ2n) is 13.7. The van der Waals surface area contributed by atoms with Crippen LogP contribution < -0.4 is 20.7 Å². The number of rotatable bonds is 9. The molecule has 0 aliphatic carbocycles. The van der Waals surface area contributed by atoms with E-state index in [1.807, 2.05) is 30.3 Å². The van der Waals surface area contributed by atoms with Gasteiger partial charge in [0.05, 0.1) is 45.8 Å². The minimum atomic E-state index is -1.28. The van der Waals surface area contributed by atoms with Crippen molar-refractivity contribution in [1.82, 2.24) is 29.6 Å². The molecule has 266 valence electrons. The van der Waals surface area contributed by atoms with Crippen molar-refractivity contribution in [1.29, 1.82) is 0 Å². The van der Waals surface area contributed by atoms with Crippen LogP contribution in [0.1, 0.15) is 32.0 Å². The second kappa shape index (κ2) is 15.9. The maximum absolute atomic E-state index is 13.4. The molecule has 14 nitrogen and oxygen atoms in total. The molecule has 0 bridgehead atoms. The zero-order valence-corrected chi connectivity index (χ0v) is 28.6. The van der Waals surface area contributed by atoms with Gasteiger partial charge in [-0.25, -0.2) is 9.97 Å². The molecule has 0 atom stereocenters. The summed E-state index contributed by atoms with van der Waals surface area (Å²) in [5.41, 5.74) is 3.17. The van der Waals surface area contributed by atoms with Crippen molar-refractivity contribution < 1.29 is 34.1 Å². The molecule has 1 aliphatic rings. The van der Waals surface area contributed by atoms with Gasteiger partial charge >= 0.3 is 0 Å². The molecule has 1 aromatic carbocycles. The van der Waals surface area contributed by atoms with E-state index in [0.717, 1.165) is 5.56 Å². The molecule has 3 aromatic heterocycles. The molecule has 0 saturated carbocycles. The van der Waals surface area contributed by atoms with Crippen LogP contribution in [-0.2, 0) is 26.3 Å². The predicted octanol–water partition coefficient (Wildman–Crippen LogP) is -1.33. The highest BCUT2D eigenvalue weighted by Gasteiger charge is 2.20. The van der Waals surface area contributed by atoms with Gasteiger partial charge in [0.15, 0.2) is 0 Å². The summed E-state index contributed by atoms with van der Waals surface area (Å²) in [4.78, 5) is 64.3. The third kappa shape index (κ3) is 9.69. The van der Waals surface area contributed by atoms with Crippen molar-refractivity contribution in [2.24, 2.45) is 0 Å². The molecule has 0 amide bonds. The lowest BCUT2D eigenvalue weighted by Gasteiger charge is -2.34. The molecule has 1 fully saturated rings. The normalized spacial score (nSPS) is 16.6. The van der Waals surface area contributed by atoms with Crippen LogP contribution in [0.15, 0.2) is 57.7 Å². The molecule has 1 saturated heterocycles. The van der Waals surface area contributed by atoms with E-state index in [1.54, 1.807) is 32.9 Å². The van der Waals surface area contributed by atoms with Gasteiger partial charge in [-0.05, 0) is 47.4 Å². The molecular weight excluding hydrogens is 644 g/mol. The maximum Gasteiger partial charge on any atom is 0.231 e. The number of aromatic nitrogens is 2. The minimum Gasteiger partial charge on any atom is -0.549 e. The molecule has 0 spiro atoms. The molecule has 50 heavy (non-hydrogen) atoms. The van der Waals surface area contributed by atoms with Crippen molar-refractivity contribution >= 4 is 40.0 Å². The fourth-order valence-electron chi connectivity index (χ4n) is 6.04. The Morgan fingerprint density at radius 1 is 0.680 bits per heavy atom. The van der Waals surface area contributed by atoms with E-state index in [0.29, 0.717) is 66.2 Å². The predicted molar refractivity (Wildman–Crippen MR) is 179 cm³/mol. The van der Waals surface area contributed by atoms with Gasteiger partial charge in [0.2, 0.25) is 11.1 Å². The molecule has 4 heterocycles. The van der Waals surface area contributed by atoms with Crippen LogP contribution in [0.25, 0.3) is 33.5 Å². The Hall–Kier alpha value is -4.76. The fourth-order valence-corrected chi connectivity index (χ4v) is 6.04. The van der Waals surface area contributed by atoms with Crippen molar-refractivity contribution in [3.63, 3.8) is 0 Å². The number of carbonyl (C=O) groups is 3. The van der Waals surface area contributed by atoms with Crippen LogP contribution in [-0.4, -0.2) is 119 Å². The summed E-state index contributed by atoms with van der Waals surface area (Å²) in [6, 6.07) is 14.6. The highest BCUT2D eigenvalue weighted by molar-refractivity contribution is 5.89. The van der Waals surface area contributed by atoms with E-state index in [1.165, 1.54) is 0 Å². The first-order valence-electron chi connectivity index (χ1n) is 16.6. The standard InChI is InChI=1S/C36H44N6O8/c1-36(2,3)24-7-10-30-27(19-24)34(49)26-8-9-29(38-35(26)50-30)28-6-4-5-25(37-28)20-39-11-13-40(21-31(43)44)15-17-42(23-33(47)48)18-16-41(14-12-39)22-32(45)46/h4-10,19H,11-18,20-23H2,1-3H3,(H,43,44)(H,45,46)(H,47,48)/p-3.